The van der Waals surface area contributed by atoms with Gasteiger partial charge in [-0.25, -0.2) is 0 Å². The van der Waals surface area contributed by atoms with Gasteiger partial charge in [0.1, 0.15) is 5.02 Å². The summed E-state index contributed by atoms with van der Waals surface area (Å²) in [7, 11) is 0. The number of benzene rings is 1. The third-order valence-electron chi connectivity index (χ3n) is 3.70. The second-order valence-electron chi connectivity index (χ2n) is 5.60. The van der Waals surface area contributed by atoms with Gasteiger partial charge >= 0.3 is 0 Å². The lowest BCUT2D eigenvalue weighted by molar-refractivity contribution is -0.900. The SMILES string of the molecule is C[C@H]1CCC[NH+](CC(=O)Nc2ccc(Cl)c([N+](=O)[O-])c2)C1. The molecule has 1 heterocycles. The molecule has 0 aliphatic carbocycles. The van der Waals surface area contributed by atoms with E-state index in [2.05, 4.69) is 12.2 Å². The summed E-state index contributed by atoms with van der Waals surface area (Å²) in [5.41, 5.74) is 0.203. The summed E-state index contributed by atoms with van der Waals surface area (Å²) < 4.78 is 0. The lowest BCUT2D eigenvalue weighted by Crippen LogP contribution is -3.14. The first-order valence-electron chi connectivity index (χ1n) is 7.03. The van der Waals surface area contributed by atoms with Crippen LogP contribution in [0, 0.1) is 16.0 Å². The molecule has 1 aromatic carbocycles. The van der Waals surface area contributed by atoms with Crippen LogP contribution in [0.1, 0.15) is 19.8 Å². The number of quaternary nitrogens is 1. The highest BCUT2D eigenvalue weighted by Gasteiger charge is 2.22. The lowest BCUT2D eigenvalue weighted by Gasteiger charge is -2.27. The maximum atomic E-state index is 12.0. The number of likely N-dealkylation sites (tertiary alicyclic amines) is 1. The number of anilines is 1. The number of carbonyl (C=O) groups is 1. The normalized spacial score (nSPS) is 21.8. The van der Waals surface area contributed by atoms with Gasteiger partial charge in [0.05, 0.1) is 18.0 Å². The van der Waals surface area contributed by atoms with Crippen molar-refractivity contribution in [2.45, 2.75) is 19.8 Å². The molecule has 1 fully saturated rings. The van der Waals surface area contributed by atoms with Crippen molar-refractivity contribution < 1.29 is 14.6 Å². The number of nitro benzene ring substituents is 1. The average Bonchev–Trinajstić information content (AvgIpc) is 2.40. The minimum Gasteiger partial charge on any atom is -0.327 e. The number of nitro groups is 1. The van der Waals surface area contributed by atoms with Gasteiger partial charge in [-0.3, -0.25) is 14.9 Å². The first-order chi connectivity index (χ1) is 9.95. The van der Waals surface area contributed by atoms with Crippen LogP contribution in [-0.4, -0.2) is 30.5 Å². The molecule has 2 rings (SSSR count). The maximum Gasteiger partial charge on any atom is 0.289 e. The fraction of sp³-hybridized carbons (Fsp3) is 0.500. The first kappa shape index (κ1) is 15.7. The van der Waals surface area contributed by atoms with Crippen LogP contribution in [0.4, 0.5) is 11.4 Å². The number of hydrogen-bond acceptors (Lipinski definition) is 3. The minimum atomic E-state index is -0.560. The first-order valence-corrected chi connectivity index (χ1v) is 7.41. The second-order valence-corrected chi connectivity index (χ2v) is 6.01. The monoisotopic (exact) mass is 312 g/mol. The molecule has 0 bridgehead atoms. The van der Waals surface area contributed by atoms with Gasteiger partial charge in [0.2, 0.25) is 0 Å². The van der Waals surface area contributed by atoms with Crippen LogP contribution in [0.3, 0.4) is 0 Å². The maximum absolute atomic E-state index is 12.0. The number of carbonyl (C=O) groups excluding carboxylic acids is 1. The smallest absolute Gasteiger partial charge is 0.289 e. The highest BCUT2D eigenvalue weighted by molar-refractivity contribution is 6.32. The van der Waals surface area contributed by atoms with Gasteiger partial charge in [-0.05, 0) is 25.0 Å². The third kappa shape index (κ3) is 4.41. The summed E-state index contributed by atoms with van der Waals surface area (Å²) in [6.07, 6.45) is 2.35. The predicted octanol–water partition coefficient (Wildman–Crippen LogP) is 1.50. The van der Waals surface area contributed by atoms with Gasteiger partial charge in [-0.15, -0.1) is 0 Å². The van der Waals surface area contributed by atoms with Crippen LogP contribution in [0.25, 0.3) is 0 Å². The Morgan fingerprint density at radius 2 is 2.33 bits per heavy atom. The quantitative estimate of drug-likeness (QED) is 0.653. The van der Waals surface area contributed by atoms with Crippen molar-refractivity contribution in [3.05, 3.63) is 33.3 Å². The summed E-state index contributed by atoms with van der Waals surface area (Å²) in [5.74, 6) is 0.508. The molecule has 1 aliphatic heterocycles. The molecule has 1 unspecified atom stereocenters. The van der Waals surface area contributed by atoms with E-state index in [9.17, 15) is 14.9 Å². The predicted molar refractivity (Wildman–Crippen MR) is 80.7 cm³/mol. The number of nitrogens with one attached hydrogen (secondary N) is 2. The van der Waals surface area contributed by atoms with Crippen LogP contribution >= 0.6 is 11.6 Å². The van der Waals surface area contributed by atoms with E-state index in [4.69, 9.17) is 11.6 Å². The molecule has 0 radical (unpaired) electrons. The van der Waals surface area contributed by atoms with Crippen LogP contribution in [0.5, 0.6) is 0 Å². The molecule has 0 spiro atoms. The standard InChI is InChI=1S/C14H18ClN3O3/c1-10-3-2-6-17(8-10)9-14(19)16-11-4-5-12(15)13(7-11)18(20)21/h4-5,7,10H,2-3,6,8-9H2,1H3,(H,16,19)/p+1/t10-/m0/s1. The number of nitrogens with zero attached hydrogens (tertiary/aromatic N) is 1. The zero-order valence-corrected chi connectivity index (χ0v) is 12.7. The Morgan fingerprint density at radius 1 is 1.57 bits per heavy atom. The molecule has 0 saturated carbocycles. The number of rotatable bonds is 4. The molecule has 2 N–H and O–H groups in total. The van der Waals surface area contributed by atoms with Crippen molar-refractivity contribution in [2.24, 2.45) is 5.92 Å². The second kappa shape index (κ2) is 6.87. The molecule has 1 aliphatic rings. The summed E-state index contributed by atoms with van der Waals surface area (Å²) in [5, 5.41) is 13.6. The summed E-state index contributed by atoms with van der Waals surface area (Å²) >= 11 is 5.74. The Bertz CT molecular complexity index is 550. The molecule has 7 heteroatoms. The van der Waals surface area contributed by atoms with Crippen molar-refractivity contribution in [2.75, 3.05) is 25.0 Å². The van der Waals surface area contributed by atoms with E-state index in [0.717, 1.165) is 19.5 Å². The zero-order valence-electron chi connectivity index (χ0n) is 11.9. The van der Waals surface area contributed by atoms with Crippen molar-refractivity contribution in [3.8, 4) is 0 Å². The van der Waals surface area contributed by atoms with E-state index >= 15 is 0 Å². The third-order valence-corrected chi connectivity index (χ3v) is 4.02. The largest absolute Gasteiger partial charge is 0.327 e. The Balaban J connectivity index is 1.96. The molecular formula is C14H19ClN3O3+. The van der Waals surface area contributed by atoms with Gasteiger partial charge < -0.3 is 10.2 Å². The molecule has 0 aromatic heterocycles. The van der Waals surface area contributed by atoms with E-state index in [1.165, 1.54) is 23.5 Å². The van der Waals surface area contributed by atoms with Crippen LogP contribution in [-0.2, 0) is 4.79 Å². The molecular weight excluding hydrogens is 294 g/mol. The average molecular weight is 313 g/mol. The van der Waals surface area contributed by atoms with Crippen LogP contribution in [0.2, 0.25) is 5.02 Å². The zero-order chi connectivity index (χ0) is 15.4. The summed E-state index contributed by atoms with van der Waals surface area (Å²) in [6, 6.07) is 4.28. The van der Waals surface area contributed by atoms with Gasteiger partial charge in [0.25, 0.3) is 11.6 Å². The van der Waals surface area contributed by atoms with Gasteiger partial charge in [0.15, 0.2) is 6.54 Å². The molecule has 1 saturated heterocycles. The van der Waals surface area contributed by atoms with E-state index in [0.29, 0.717) is 18.2 Å². The summed E-state index contributed by atoms with van der Waals surface area (Å²) in [4.78, 5) is 23.5. The van der Waals surface area contributed by atoms with E-state index in [1.54, 1.807) is 6.07 Å². The Labute approximate surface area is 128 Å². The minimum absolute atomic E-state index is 0.0634. The molecule has 1 aromatic rings. The van der Waals surface area contributed by atoms with E-state index in [-0.39, 0.29) is 16.6 Å². The topological polar surface area (TPSA) is 76.7 Å². The number of hydrogen-bond donors (Lipinski definition) is 2. The fourth-order valence-corrected chi connectivity index (χ4v) is 2.91. The molecule has 6 nitrogen and oxygen atoms in total. The van der Waals surface area contributed by atoms with E-state index < -0.39 is 4.92 Å². The van der Waals surface area contributed by atoms with Crippen molar-refractivity contribution >= 4 is 28.9 Å². The number of amides is 1. The fourth-order valence-electron chi connectivity index (χ4n) is 2.72. The van der Waals surface area contributed by atoms with Crippen molar-refractivity contribution in [1.82, 2.24) is 0 Å². The van der Waals surface area contributed by atoms with Crippen molar-refractivity contribution in [3.63, 3.8) is 0 Å². The molecule has 2 atom stereocenters. The highest BCUT2D eigenvalue weighted by atomic mass is 35.5. The van der Waals surface area contributed by atoms with Crippen LogP contribution < -0.4 is 10.2 Å². The van der Waals surface area contributed by atoms with Gasteiger partial charge in [0, 0.05) is 17.7 Å². The molecule has 1 amide bonds. The van der Waals surface area contributed by atoms with Crippen molar-refractivity contribution in [1.29, 1.82) is 0 Å². The lowest BCUT2D eigenvalue weighted by atomic mass is 10.0. The Hall–Kier alpha value is -1.66. The number of halogens is 1. The number of piperidine rings is 1. The Morgan fingerprint density at radius 3 is 3.00 bits per heavy atom. The van der Waals surface area contributed by atoms with Crippen LogP contribution in [0.15, 0.2) is 18.2 Å². The molecule has 21 heavy (non-hydrogen) atoms. The highest BCUT2D eigenvalue weighted by Crippen LogP contribution is 2.27. The Kier molecular flexibility index (Phi) is 5.14. The van der Waals surface area contributed by atoms with E-state index in [1.807, 2.05) is 0 Å². The van der Waals surface area contributed by atoms with Gasteiger partial charge in [-0.2, -0.15) is 0 Å². The summed E-state index contributed by atoms with van der Waals surface area (Å²) in [6.45, 7) is 4.58. The van der Waals surface area contributed by atoms with Gasteiger partial charge in [-0.1, -0.05) is 18.5 Å². The molecule has 114 valence electrons.